The first kappa shape index (κ1) is 17.0. The van der Waals surface area contributed by atoms with E-state index in [0.717, 1.165) is 19.4 Å². The van der Waals surface area contributed by atoms with Crippen LogP contribution in [-0.2, 0) is 9.84 Å². The maximum atomic E-state index is 11.9. The van der Waals surface area contributed by atoms with Crippen LogP contribution in [0.2, 0.25) is 0 Å². The van der Waals surface area contributed by atoms with Crippen molar-refractivity contribution >= 4 is 9.84 Å². The van der Waals surface area contributed by atoms with E-state index >= 15 is 0 Å². The fourth-order valence-corrected chi connectivity index (χ4v) is 4.59. The van der Waals surface area contributed by atoms with Gasteiger partial charge in [-0.25, -0.2) is 8.42 Å². The molecule has 1 fully saturated rings. The third kappa shape index (κ3) is 6.26. The Hall–Kier alpha value is -0.0900. The number of nitrogens with one attached hydrogen (secondary N) is 1. The molecule has 1 aliphatic rings. The molecule has 3 nitrogen and oxygen atoms in total. The molecule has 114 valence electrons. The van der Waals surface area contributed by atoms with Gasteiger partial charge in [-0.3, -0.25) is 0 Å². The zero-order valence-corrected chi connectivity index (χ0v) is 13.7. The van der Waals surface area contributed by atoms with Gasteiger partial charge in [0.25, 0.3) is 0 Å². The summed E-state index contributed by atoms with van der Waals surface area (Å²) in [5.74, 6) is 0.724. The summed E-state index contributed by atoms with van der Waals surface area (Å²) in [6.45, 7) is 7.23. The Kier molecular flexibility index (Phi) is 6.81. The van der Waals surface area contributed by atoms with Crippen LogP contribution in [0.1, 0.15) is 65.7 Å². The lowest BCUT2D eigenvalue weighted by Crippen LogP contribution is -2.40. The minimum atomic E-state index is -2.84. The molecule has 0 heterocycles. The number of hydrogen-bond donors (Lipinski definition) is 1. The third-order valence-electron chi connectivity index (χ3n) is 4.26. The molecule has 0 atom stereocenters. The van der Waals surface area contributed by atoms with Gasteiger partial charge in [-0.2, -0.15) is 0 Å². The molecule has 1 N–H and O–H groups in total. The smallest absolute Gasteiger partial charge is 0.150 e. The van der Waals surface area contributed by atoms with E-state index in [1.54, 1.807) is 0 Å². The molecule has 0 unspecified atom stereocenters. The summed E-state index contributed by atoms with van der Waals surface area (Å²) in [7, 11) is -2.84. The minimum Gasteiger partial charge on any atom is -0.314 e. The third-order valence-corrected chi connectivity index (χ3v) is 6.11. The predicted octanol–water partition coefficient (Wildman–Crippen LogP) is 3.15. The maximum absolute atomic E-state index is 11.9. The molecule has 0 aliphatic heterocycles. The van der Waals surface area contributed by atoms with E-state index in [1.807, 2.05) is 6.92 Å². The molecule has 0 bridgehead atoms. The molecule has 0 aromatic heterocycles. The van der Waals surface area contributed by atoms with Crippen LogP contribution in [0.25, 0.3) is 0 Å². The zero-order valence-electron chi connectivity index (χ0n) is 12.9. The molecule has 0 aromatic carbocycles. The van der Waals surface area contributed by atoms with Crippen LogP contribution in [0.3, 0.4) is 0 Å². The maximum Gasteiger partial charge on any atom is 0.150 e. The van der Waals surface area contributed by atoms with Gasteiger partial charge in [-0.05, 0) is 31.1 Å². The normalized spacial score (nSPS) is 19.8. The summed E-state index contributed by atoms with van der Waals surface area (Å²) in [5.41, 5.74) is 0.226. The summed E-state index contributed by atoms with van der Waals surface area (Å²) in [5, 5.41) is 3.53. The van der Waals surface area contributed by atoms with E-state index in [4.69, 9.17) is 0 Å². The summed E-state index contributed by atoms with van der Waals surface area (Å²) < 4.78 is 23.9. The second-order valence-electron chi connectivity index (χ2n) is 6.50. The van der Waals surface area contributed by atoms with Crippen molar-refractivity contribution in [3.8, 4) is 0 Å². The molecule has 0 saturated heterocycles. The Morgan fingerprint density at radius 1 is 1.11 bits per heavy atom. The fraction of sp³-hybridized carbons (Fsp3) is 1.00. The van der Waals surface area contributed by atoms with Crippen molar-refractivity contribution in [3.63, 3.8) is 0 Å². The Balaban J connectivity index is 2.59. The second kappa shape index (κ2) is 7.63. The zero-order chi connectivity index (χ0) is 14.4. The quantitative estimate of drug-likeness (QED) is 0.746. The van der Waals surface area contributed by atoms with E-state index < -0.39 is 9.84 Å². The SMILES string of the molecule is CCCS(=O)(=O)CCC1(CNC(C)C)CCCCC1. The van der Waals surface area contributed by atoms with Gasteiger partial charge in [-0.1, -0.05) is 40.0 Å². The van der Waals surface area contributed by atoms with Crippen molar-refractivity contribution in [2.24, 2.45) is 5.41 Å². The van der Waals surface area contributed by atoms with Crippen molar-refractivity contribution in [3.05, 3.63) is 0 Å². The van der Waals surface area contributed by atoms with Crippen LogP contribution in [-0.4, -0.2) is 32.5 Å². The van der Waals surface area contributed by atoms with Crippen LogP contribution in [0.5, 0.6) is 0 Å². The first-order valence-electron chi connectivity index (χ1n) is 7.83. The lowest BCUT2D eigenvalue weighted by molar-refractivity contribution is 0.171. The molecule has 0 radical (unpaired) electrons. The van der Waals surface area contributed by atoms with Gasteiger partial charge in [0.15, 0.2) is 0 Å². The molecular weight excluding hydrogens is 258 g/mol. The predicted molar refractivity (Wildman–Crippen MR) is 82.2 cm³/mol. The van der Waals surface area contributed by atoms with Crippen molar-refractivity contribution in [1.29, 1.82) is 0 Å². The summed E-state index contributed by atoms with van der Waals surface area (Å²) in [4.78, 5) is 0. The fourth-order valence-electron chi connectivity index (χ4n) is 3.02. The second-order valence-corrected chi connectivity index (χ2v) is 8.80. The molecular formula is C15H31NO2S. The van der Waals surface area contributed by atoms with Crippen LogP contribution in [0.4, 0.5) is 0 Å². The van der Waals surface area contributed by atoms with E-state index in [0.29, 0.717) is 17.5 Å². The largest absolute Gasteiger partial charge is 0.314 e. The number of sulfone groups is 1. The minimum absolute atomic E-state index is 0.226. The van der Waals surface area contributed by atoms with Crippen molar-refractivity contribution in [2.45, 2.75) is 71.8 Å². The van der Waals surface area contributed by atoms with E-state index in [1.165, 1.54) is 32.1 Å². The molecule has 0 aromatic rings. The van der Waals surface area contributed by atoms with Gasteiger partial charge >= 0.3 is 0 Å². The van der Waals surface area contributed by atoms with Crippen LogP contribution >= 0.6 is 0 Å². The van der Waals surface area contributed by atoms with Crippen molar-refractivity contribution < 1.29 is 8.42 Å². The van der Waals surface area contributed by atoms with E-state index in [-0.39, 0.29) is 5.41 Å². The van der Waals surface area contributed by atoms with Gasteiger partial charge in [-0.15, -0.1) is 0 Å². The molecule has 0 spiro atoms. The standard InChI is InChI=1S/C15H31NO2S/c1-4-11-19(17,18)12-10-15(13-16-14(2)3)8-6-5-7-9-15/h14,16H,4-13H2,1-3H3. The molecule has 4 heteroatoms. The molecule has 0 amide bonds. The highest BCUT2D eigenvalue weighted by molar-refractivity contribution is 7.91. The first-order chi connectivity index (χ1) is 8.89. The first-order valence-corrected chi connectivity index (χ1v) is 9.65. The summed E-state index contributed by atoms with van der Waals surface area (Å²) in [6, 6.07) is 0.478. The van der Waals surface area contributed by atoms with E-state index in [2.05, 4.69) is 19.2 Å². The Morgan fingerprint density at radius 2 is 1.74 bits per heavy atom. The molecule has 1 saturated carbocycles. The van der Waals surface area contributed by atoms with Crippen molar-refractivity contribution in [1.82, 2.24) is 5.32 Å². The van der Waals surface area contributed by atoms with Gasteiger partial charge in [0, 0.05) is 18.3 Å². The molecule has 1 rings (SSSR count). The highest BCUT2D eigenvalue weighted by atomic mass is 32.2. The van der Waals surface area contributed by atoms with Gasteiger partial charge in [0.1, 0.15) is 9.84 Å². The van der Waals surface area contributed by atoms with E-state index in [9.17, 15) is 8.42 Å². The van der Waals surface area contributed by atoms with Crippen LogP contribution in [0.15, 0.2) is 0 Å². The van der Waals surface area contributed by atoms with Crippen LogP contribution in [0, 0.1) is 5.41 Å². The number of hydrogen-bond acceptors (Lipinski definition) is 3. The highest BCUT2D eigenvalue weighted by Gasteiger charge is 2.33. The Labute approximate surface area is 119 Å². The molecule has 1 aliphatic carbocycles. The Morgan fingerprint density at radius 3 is 2.26 bits per heavy atom. The number of rotatable bonds is 8. The average molecular weight is 289 g/mol. The lowest BCUT2D eigenvalue weighted by atomic mass is 9.72. The molecule has 19 heavy (non-hydrogen) atoms. The van der Waals surface area contributed by atoms with Crippen LogP contribution < -0.4 is 5.32 Å². The van der Waals surface area contributed by atoms with Gasteiger partial charge in [0.2, 0.25) is 0 Å². The highest BCUT2D eigenvalue weighted by Crippen LogP contribution is 2.39. The summed E-state index contributed by atoms with van der Waals surface area (Å²) in [6.07, 6.45) is 7.78. The summed E-state index contributed by atoms with van der Waals surface area (Å²) >= 11 is 0. The van der Waals surface area contributed by atoms with Gasteiger partial charge in [0.05, 0.1) is 5.75 Å². The van der Waals surface area contributed by atoms with Gasteiger partial charge < -0.3 is 5.32 Å². The average Bonchev–Trinajstić information content (AvgIpc) is 2.36. The monoisotopic (exact) mass is 289 g/mol. The Bertz CT molecular complexity index is 343. The lowest BCUT2D eigenvalue weighted by Gasteiger charge is -2.38. The topological polar surface area (TPSA) is 46.2 Å². The van der Waals surface area contributed by atoms with Crippen molar-refractivity contribution in [2.75, 3.05) is 18.1 Å².